The van der Waals surface area contributed by atoms with Crippen molar-refractivity contribution in [2.24, 2.45) is 0 Å². The quantitative estimate of drug-likeness (QED) is 0.559. The number of alkyl halides is 5. The minimum absolute atomic E-state index is 0.114. The largest absolute Gasteiger partial charge is 0.458 e. The van der Waals surface area contributed by atoms with E-state index in [1.807, 2.05) is 6.07 Å². The summed E-state index contributed by atoms with van der Waals surface area (Å²) in [5.74, 6) is -5.00. The number of hydrogen-bond acceptors (Lipinski definition) is 1. The molecule has 0 radical (unpaired) electrons. The Hall–Kier alpha value is -1.94. The third-order valence-electron chi connectivity index (χ3n) is 3.57. The Labute approximate surface area is 143 Å². The zero-order valence-electron chi connectivity index (χ0n) is 12.4. The van der Waals surface area contributed by atoms with Gasteiger partial charge in [-0.2, -0.15) is 27.2 Å². The molecule has 0 unspecified atom stereocenters. The molecule has 0 spiro atoms. The minimum atomic E-state index is -5.71. The van der Waals surface area contributed by atoms with Crippen LogP contribution in [0.4, 0.5) is 22.0 Å². The third-order valence-corrected chi connectivity index (χ3v) is 4.26. The summed E-state index contributed by atoms with van der Waals surface area (Å²) >= 11 is 3.16. The summed E-state index contributed by atoms with van der Waals surface area (Å²) in [4.78, 5) is 0. The first kappa shape index (κ1) is 18.4. The number of hydrogen-bond donors (Lipinski definition) is 0. The zero-order chi connectivity index (χ0) is 18.1. The van der Waals surface area contributed by atoms with Gasteiger partial charge in [0.1, 0.15) is 0 Å². The minimum Gasteiger partial charge on any atom is -0.192 e. The van der Waals surface area contributed by atoms with Gasteiger partial charge in [0.25, 0.3) is 0 Å². The van der Waals surface area contributed by atoms with E-state index in [0.717, 1.165) is 6.07 Å². The van der Waals surface area contributed by atoms with Crippen LogP contribution in [0, 0.1) is 11.3 Å². The molecule has 7 heteroatoms. The molecule has 0 N–H and O–H groups in total. The van der Waals surface area contributed by atoms with E-state index in [4.69, 9.17) is 5.26 Å². The van der Waals surface area contributed by atoms with Gasteiger partial charge >= 0.3 is 12.1 Å². The van der Waals surface area contributed by atoms with Gasteiger partial charge in [-0.05, 0) is 41.3 Å². The second-order valence-electron chi connectivity index (χ2n) is 5.11. The summed E-state index contributed by atoms with van der Waals surface area (Å²) in [7, 11) is 0. The Morgan fingerprint density at radius 2 is 1.67 bits per heavy atom. The first-order valence-electron chi connectivity index (χ1n) is 6.89. The van der Waals surface area contributed by atoms with E-state index in [-0.39, 0.29) is 16.7 Å². The number of rotatable bonds is 3. The fourth-order valence-electron chi connectivity index (χ4n) is 2.26. The summed E-state index contributed by atoms with van der Waals surface area (Å²) in [5.41, 5.74) is -0.496. The molecule has 2 aromatic carbocycles. The van der Waals surface area contributed by atoms with Crippen molar-refractivity contribution in [2.45, 2.75) is 25.4 Å². The molecule has 0 fully saturated rings. The van der Waals surface area contributed by atoms with Crippen molar-refractivity contribution in [3.05, 3.63) is 57.6 Å². The topological polar surface area (TPSA) is 23.8 Å². The molecule has 0 aliphatic carbocycles. The summed E-state index contributed by atoms with van der Waals surface area (Å²) in [5, 5.41) is 8.97. The molecule has 0 aliphatic rings. The Morgan fingerprint density at radius 1 is 1.00 bits per heavy atom. The normalized spacial score (nSPS) is 12.1. The lowest BCUT2D eigenvalue weighted by Gasteiger charge is -2.23. The zero-order valence-corrected chi connectivity index (χ0v) is 14.0. The van der Waals surface area contributed by atoms with Crippen LogP contribution >= 0.6 is 15.9 Å². The summed E-state index contributed by atoms with van der Waals surface area (Å²) < 4.78 is 66.7. The lowest BCUT2D eigenvalue weighted by Crippen LogP contribution is -2.34. The Kier molecular flexibility index (Phi) is 5.00. The van der Waals surface area contributed by atoms with Crippen LogP contribution < -0.4 is 0 Å². The predicted molar refractivity (Wildman–Crippen MR) is 83.6 cm³/mol. The summed E-state index contributed by atoms with van der Waals surface area (Å²) in [6.45, 7) is 1.77. The molecule has 2 aromatic rings. The van der Waals surface area contributed by atoms with Gasteiger partial charge < -0.3 is 0 Å². The molecular formula is C17H11BrF5N. The van der Waals surface area contributed by atoms with E-state index in [2.05, 4.69) is 15.9 Å². The van der Waals surface area contributed by atoms with Gasteiger partial charge in [0, 0.05) is 10.0 Å². The smallest absolute Gasteiger partial charge is 0.192 e. The molecule has 0 atom stereocenters. The Balaban J connectivity index is 2.80. The Morgan fingerprint density at radius 3 is 2.21 bits per heavy atom. The van der Waals surface area contributed by atoms with E-state index < -0.39 is 17.7 Å². The number of nitriles is 1. The van der Waals surface area contributed by atoms with Crippen LogP contribution in [0.25, 0.3) is 11.1 Å². The molecule has 24 heavy (non-hydrogen) atoms. The van der Waals surface area contributed by atoms with E-state index in [1.165, 1.54) is 30.3 Å². The highest BCUT2D eigenvalue weighted by Gasteiger charge is 2.59. The van der Waals surface area contributed by atoms with Gasteiger partial charge in [0.2, 0.25) is 0 Å². The van der Waals surface area contributed by atoms with Crippen molar-refractivity contribution in [3.8, 4) is 17.2 Å². The molecule has 126 valence electrons. The molecule has 0 amide bonds. The molecule has 0 bridgehead atoms. The number of benzene rings is 2. The monoisotopic (exact) mass is 403 g/mol. The van der Waals surface area contributed by atoms with Gasteiger partial charge in [-0.3, -0.25) is 0 Å². The first-order chi connectivity index (χ1) is 11.1. The van der Waals surface area contributed by atoms with Crippen LogP contribution in [0.3, 0.4) is 0 Å². The summed E-state index contributed by atoms with van der Waals surface area (Å²) in [6.07, 6.45) is -5.24. The van der Waals surface area contributed by atoms with Crippen molar-refractivity contribution in [1.82, 2.24) is 0 Å². The van der Waals surface area contributed by atoms with Crippen LogP contribution in [-0.4, -0.2) is 6.18 Å². The van der Waals surface area contributed by atoms with E-state index in [0.29, 0.717) is 16.5 Å². The van der Waals surface area contributed by atoms with Crippen LogP contribution in [-0.2, 0) is 12.3 Å². The maximum atomic E-state index is 14.0. The van der Waals surface area contributed by atoms with Crippen LogP contribution in [0.5, 0.6) is 0 Å². The number of nitrogens with zero attached hydrogens (tertiary/aromatic N) is 1. The maximum Gasteiger partial charge on any atom is 0.458 e. The second kappa shape index (κ2) is 6.52. The second-order valence-corrected chi connectivity index (χ2v) is 5.97. The van der Waals surface area contributed by atoms with Crippen molar-refractivity contribution in [3.63, 3.8) is 0 Å². The molecule has 0 saturated carbocycles. The van der Waals surface area contributed by atoms with Gasteiger partial charge in [0.05, 0.1) is 11.6 Å². The lowest BCUT2D eigenvalue weighted by molar-refractivity contribution is -0.289. The SMILES string of the molecule is CCc1ccc(C(F)(F)C(F)(F)F)c(-c2cc(C#N)ccc2Br)c1. The summed E-state index contributed by atoms with van der Waals surface area (Å²) in [6, 6.07) is 9.38. The van der Waals surface area contributed by atoms with Crippen LogP contribution in [0.1, 0.15) is 23.6 Å². The molecule has 0 saturated heterocycles. The van der Waals surface area contributed by atoms with Crippen molar-refractivity contribution >= 4 is 15.9 Å². The van der Waals surface area contributed by atoms with Crippen molar-refractivity contribution in [1.29, 1.82) is 5.26 Å². The molecule has 1 nitrogen and oxygen atoms in total. The standard InChI is InChI=1S/C17H11BrF5N/c1-2-10-3-5-14(16(19,20)17(21,22)23)12(7-10)13-8-11(9-24)4-6-15(13)18/h3-8H,2H2,1H3. The molecular weight excluding hydrogens is 393 g/mol. The fourth-order valence-corrected chi connectivity index (χ4v) is 2.72. The third kappa shape index (κ3) is 3.29. The maximum absolute atomic E-state index is 14.0. The molecule has 0 aliphatic heterocycles. The van der Waals surface area contributed by atoms with E-state index in [1.54, 1.807) is 6.92 Å². The average molecular weight is 404 g/mol. The average Bonchev–Trinajstić information content (AvgIpc) is 2.53. The van der Waals surface area contributed by atoms with Gasteiger partial charge in [-0.15, -0.1) is 0 Å². The fraction of sp³-hybridized carbons (Fsp3) is 0.235. The highest BCUT2D eigenvalue weighted by molar-refractivity contribution is 9.10. The predicted octanol–water partition coefficient (Wildman–Crippen LogP) is 6.20. The highest BCUT2D eigenvalue weighted by atomic mass is 79.9. The van der Waals surface area contributed by atoms with E-state index in [9.17, 15) is 22.0 Å². The number of aryl methyl sites for hydroxylation is 1. The number of halogens is 6. The van der Waals surface area contributed by atoms with Crippen molar-refractivity contribution in [2.75, 3.05) is 0 Å². The van der Waals surface area contributed by atoms with Crippen LogP contribution in [0.15, 0.2) is 40.9 Å². The highest BCUT2D eigenvalue weighted by Crippen LogP contribution is 2.48. The van der Waals surface area contributed by atoms with Gasteiger partial charge in [-0.1, -0.05) is 41.1 Å². The van der Waals surface area contributed by atoms with Crippen LogP contribution in [0.2, 0.25) is 0 Å². The molecule has 0 aromatic heterocycles. The molecule has 2 rings (SSSR count). The Bertz CT molecular complexity index is 806. The first-order valence-corrected chi connectivity index (χ1v) is 7.69. The van der Waals surface area contributed by atoms with E-state index >= 15 is 0 Å². The van der Waals surface area contributed by atoms with Crippen molar-refractivity contribution < 1.29 is 22.0 Å². The lowest BCUT2D eigenvalue weighted by atomic mass is 9.92. The molecule has 0 heterocycles. The van der Waals surface area contributed by atoms with Gasteiger partial charge in [-0.25, -0.2) is 0 Å². The van der Waals surface area contributed by atoms with Gasteiger partial charge in [0.15, 0.2) is 0 Å².